The zero-order chi connectivity index (χ0) is 15.8. The molecule has 116 valence electrons. The second kappa shape index (κ2) is 5.82. The number of hydrogen-bond acceptors (Lipinski definition) is 3. The molecule has 0 N–H and O–H groups in total. The van der Waals surface area contributed by atoms with E-state index in [1.807, 2.05) is 24.3 Å². The summed E-state index contributed by atoms with van der Waals surface area (Å²) in [7, 11) is 2.12. The topological polar surface area (TPSA) is 29.0 Å². The summed E-state index contributed by atoms with van der Waals surface area (Å²) in [6, 6.07) is 16.7. The van der Waals surface area contributed by atoms with Crippen LogP contribution >= 0.6 is 11.6 Å². The van der Waals surface area contributed by atoms with Gasteiger partial charge in [-0.1, -0.05) is 41.9 Å². The lowest BCUT2D eigenvalue weighted by Crippen LogP contribution is -2.23. The Morgan fingerprint density at radius 3 is 2.57 bits per heavy atom. The molecule has 4 heteroatoms. The Morgan fingerprint density at radius 1 is 1.04 bits per heavy atom. The molecular weight excluding hydrogens is 306 g/mol. The number of fused-ring (bicyclic) bond motifs is 1. The van der Waals surface area contributed by atoms with Gasteiger partial charge in [-0.15, -0.1) is 0 Å². The van der Waals surface area contributed by atoms with E-state index in [1.165, 1.54) is 18.4 Å². The van der Waals surface area contributed by atoms with Crippen molar-refractivity contribution in [1.29, 1.82) is 0 Å². The first kappa shape index (κ1) is 14.5. The quantitative estimate of drug-likeness (QED) is 0.709. The number of benzene rings is 2. The molecule has 0 atom stereocenters. The highest BCUT2D eigenvalue weighted by Gasteiger charge is 2.29. The Morgan fingerprint density at radius 2 is 1.83 bits per heavy atom. The largest absolute Gasteiger partial charge is 0.355 e. The van der Waals surface area contributed by atoms with E-state index in [0.717, 1.165) is 29.0 Å². The Balaban J connectivity index is 1.82. The first-order valence-corrected chi connectivity index (χ1v) is 8.31. The molecule has 1 saturated carbocycles. The van der Waals surface area contributed by atoms with Crippen LogP contribution in [-0.2, 0) is 6.42 Å². The van der Waals surface area contributed by atoms with Crippen molar-refractivity contribution in [2.45, 2.75) is 25.3 Å². The first-order valence-electron chi connectivity index (χ1n) is 7.93. The molecule has 2 aromatic carbocycles. The first-order chi connectivity index (χ1) is 11.2. The van der Waals surface area contributed by atoms with Crippen LogP contribution in [-0.4, -0.2) is 23.1 Å². The molecule has 0 unspecified atom stereocenters. The zero-order valence-corrected chi connectivity index (χ0v) is 13.8. The normalized spacial score (nSPS) is 14.2. The molecule has 1 aromatic heterocycles. The fraction of sp³-hybridized carbons (Fsp3) is 0.263. The summed E-state index contributed by atoms with van der Waals surface area (Å²) in [5.74, 6) is 0.978. The Kier molecular flexibility index (Phi) is 3.66. The summed E-state index contributed by atoms with van der Waals surface area (Å²) in [6.45, 7) is 0. The highest BCUT2D eigenvalue weighted by atomic mass is 35.5. The van der Waals surface area contributed by atoms with Gasteiger partial charge in [0.05, 0.1) is 16.7 Å². The maximum absolute atomic E-state index is 6.11. The van der Waals surface area contributed by atoms with Gasteiger partial charge in [0.25, 0.3) is 0 Å². The number of halogens is 1. The van der Waals surface area contributed by atoms with Crippen molar-refractivity contribution >= 4 is 28.5 Å². The third kappa shape index (κ3) is 3.02. The third-order valence-corrected chi connectivity index (χ3v) is 4.56. The van der Waals surface area contributed by atoms with Crippen LogP contribution in [0.3, 0.4) is 0 Å². The minimum Gasteiger partial charge on any atom is -0.355 e. The summed E-state index contributed by atoms with van der Waals surface area (Å²) in [6.07, 6.45) is 3.26. The van der Waals surface area contributed by atoms with Crippen molar-refractivity contribution in [3.63, 3.8) is 0 Å². The molecular formula is C19H18ClN3. The van der Waals surface area contributed by atoms with E-state index in [4.69, 9.17) is 21.6 Å². The molecule has 3 aromatic rings. The van der Waals surface area contributed by atoms with E-state index in [0.29, 0.717) is 11.1 Å². The Hall–Kier alpha value is -2.13. The Labute approximate surface area is 140 Å². The fourth-order valence-electron chi connectivity index (χ4n) is 2.88. The maximum atomic E-state index is 6.11. The van der Waals surface area contributed by atoms with E-state index in [9.17, 15) is 0 Å². The van der Waals surface area contributed by atoms with Gasteiger partial charge in [-0.3, -0.25) is 0 Å². The number of aromatic nitrogens is 2. The van der Waals surface area contributed by atoms with Crippen LogP contribution in [0.5, 0.6) is 0 Å². The fourth-order valence-corrected chi connectivity index (χ4v) is 3.05. The predicted octanol–water partition coefficient (Wildman–Crippen LogP) is 4.47. The van der Waals surface area contributed by atoms with Crippen LogP contribution in [0.25, 0.3) is 11.0 Å². The highest BCUT2D eigenvalue weighted by molar-refractivity contribution is 6.31. The molecule has 0 aliphatic heterocycles. The van der Waals surface area contributed by atoms with Crippen LogP contribution < -0.4 is 4.90 Å². The maximum Gasteiger partial charge on any atom is 0.151 e. The van der Waals surface area contributed by atoms with Crippen molar-refractivity contribution < 1.29 is 0 Å². The lowest BCUT2D eigenvalue weighted by molar-refractivity contribution is 0.871. The van der Waals surface area contributed by atoms with Crippen LogP contribution in [0, 0.1) is 0 Å². The predicted molar refractivity (Wildman–Crippen MR) is 95.2 cm³/mol. The van der Waals surface area contributed by atoms with E-state index in [1.54, 1.807) is 0 Å². The number of rotatable bonds is 4. The van der Waals surface area contributed by atoms with E-state index >= 15 is 0 Å². The van der Waals surface area contributed by atoms with Crippen molar-refractivity contribution in [3.05, 3.63) is 64.8 Å². The van der Waals surface area contributed by atoms with Crippen LogP contribution in [0.2, 0.25) is 5.02 Å². The van der Waals surface area contributed by atoms with Crippen molar-refractivity contribution in [2.75, 3.05) is 11.9 Å². The minimum atomic E-state index is 0.593. The van der Waals surface area contributed by atoms with Crippen molar-refractivity contribution in [1.82, 2.24) is 9.97 Å². The minimum absolute atomic E-state index is 0.593. The summed E-state index contributed by atoms with van der Waals surface area (Å²) < 4.78 is 0. The van der Waals surface area contributed by atoms with Gasteiger partial charge in [-0.05, 0) is 36.6 Å². The monoisotopic (exact) mass is 323 g/mol. The molecule has 1 aliphatic rings. The van der Waals surface area contributed by atoms with Gasteiger partial charge in [-0.2, -0.15) is 0 Å². The average molecular weight is 324 g/mol. The summed E-state index contributed by atoms with van der Waals surface area (Å²) >= 11 is 6.11. The highest BCUT2D eigenvalue weighted by Crippen LogP contribution is 2.32. The smallest absolute Gasteiger partial charge is 0.151 e. The van der Waals surface area contributed by atoms with Gasteiger partial charge in [0, 0.05) is 24.5 Å². The van der Waals surface area contributed by atoms with Crippen LogP contribution in [0.4, 0.5) is 5.82 Å². The third-order valence-electron chi connectivity index (χ3n) is 4.32. The van der Waals surface area contributed by atoms with Gasteiger partial charge in [-0.25, -0.2) is 9.97 Å². The lowest BCUT2D eigenvalue weighted by atomic mass is 10.1. The molecule has 0 bridgehead atoms. The van der Waals surface area contributed by atoms with Crippen LogP contribution in [0.15, 0.2) is 48.5 Å². The van der Waals surface area contributed by atoms with E-state index in [2.05, 4.69) is 36.2 Å². The Bertz CT molecular complexity index is 844. The molecule has 4 rings (SSSR count). The molecule has 0 amide bonds. The van der Waals surface area contributed by atoms with Gasteiger partial charge in [0.2, 0.25) is 0 Å². The second-order valence-electron chi connectivity index (χ2n) is 6.13. The molecule has 1 heterocycles. The van der Waals surface area contributed by atoms with E-state index in [-0.39, 0.29) is 0 Å². The molecule has 0 saturated heterocycles. The van der Waals surface area contributed by atoms with Crippen molar-refractivity contribution in [2.24, 2.45) is 0 Å². The molecule has 1 fully saturated rings. The van der Waals surface area contributed by atoms with Gasteiger partial charge in [0.1, 0.15) is 0 Å². The second-order valence-corrected chi connectivity index (χ2v) is 6.57. The summed E-state index contributed by atoms with van der Waals surface area (Å²) in [5.41, 5.74) is 4.03. The number of hydrogen-bond donors (Lipinski definition) is 0. The standard InChI is InChI=1S/C19H18ClN3/c1-23(15-8-9-15)19-18(11-13-5-3-2-4-6-13)21-16-10-7-14(20)12-17(16)22-19/h2-7,10,12,15H,8-9,11H2,1H3. The van der Waals surface area contributed by atoms with E-state index < -0.39 is 0 Å². The van der Waals surface area contributed by atoms with Crippen molar-refractivity contribution in [3.8, 4) is 0 Å². The molecule has 1 aliphatic carbocycles. The molecule has 23 heavy (non-hydrogen) atoms. The molecule has 0 spiro atoms. The van der Waals surface area contributed by atoms with Gasteiger partial charge >= 0.3 is 0 Å². The lowest BCUT2D eigenvalue weighted by Gasteiger charge is -2.21. The SMILES string of the molecule is CN(c1nc2cc(Cl)ccc2nc1Cc1ccccc1)C1CC1. The van der Waals surface area contributed by atoms with Gasteiger partial charge in [0.15, 0.2) is 5.82 Å². The zero-order valence-electron chi connectivity index (χ0n) is 13.0. The number of anilines is 1. The average Bonchev–Trinajstić information content (AvgIpc) is 3.40. The summed E-state index contributed by atoms with van der Waals surface area (Å²) in [5, 5.41) is 0.697. The molecule has 0 radical (unpaired) electrons. The summed E-state index contributed by atoms with van der Waals surface area (Å²) in [4.78, 5) is 12.0. The molecule has 3 nitrogen and oxygen atoms in total. The number of nitrogens with zero attached hydrogens (tertiary/aromatic N) is 3. The van der Waals surface area contributed by atoms with Crippen LogP contribution in [0.1, 0.15) is 24.1 Å². The van der Waals surface area contributed by atoms with Gasteiger partial charge < -0.3 is 4.90 Å².